The first-order valence-corrected chi connectivity index (χ1v) is 8.83. The molecule has 0 saturated carbocycles. The lowest BCUT2D eigenvalue weighted by atomic mass is 9.98. The molecule has 2 heteroatoms. The minimum absolute atomic E-state index is 0.167. The molecular formula is C15H33OP. The quantitative estimate of drug-likeness (QED) is 0.341. The fourth-order valence-corrected chi connectivity index (χ4v) is 2.80. The first-order valence-electron chi connectivity index (χ1n) is 7.68. The van der Waals surface area contributed by atoms with Crippen LogP contribution in [-0.2, 0) is 0 Å². The molecule has 0 aliphatic rings. The van der Waals surface area contributed by atoms with Gasteiger partial charge in [0.2, 0.25) is 0 Å². The number of hydrogen-bond donors (Lipinski definition) is 1. The molecule has 0 fully saturated rings. The summed E-state index contributed by atoms with van der Waals surface area (Å²) in [7, 11) is 0.167. The molecule has 0 amide bonds. The maximum atomic E-state index is 8.68. The van der Waals surface area contributed by atoms with Gasteiger partial charge in [-0.1, -0.05) is 78.1 Å². The molecule has 1 N–H and O–H groups in total. The molecule has 0 radical (unpaired) electrons. The van der Waals surface area contributed by atoms with Gasteiger partial charge in [0.05, 0.1) is 0 Å². The van der Waals surface area contributed by atoms with Gasteiger partial charge >= 0.3 is 0 Å². The molecule has 0 aliphatic carbocycles. The lowest BCUT2D eigenvalue weighted by Gasteiger charge is -2.09. The third kappa shape index (κ3) is 14.3. The van der Waals surface area contributed by atoms with Crippen molar-refractivity contribution < 1.29 is 4.89 Å². The monoisotopic (exact) mass is 260 g/mol. The van der Waals surface area contributed by atoms with E-state index in [2.05, 4.69) is 13.8 Å². The topological polar surface area (TPSA) is 20.2 Å². The molecular weight excluding hydrogens is 227 g/mol. The highest BCUT2D eigenvalue weighted by Gasteiger charge is 1.99. The summed E-state index contributed by atoms with van der Waals surface area (Å²) in [5.74, 6) is 0.944. The zero-order valence-electron chi connectivity index (χ0n) is 12.0. The molecule has 0 heterocycles. The van der Waals surface area contributed by atoms with Crippen LogP contribution in [0.4, 0.5) is 0 Å². The van der Waals surface area contributed by atoms with E-state index in [9.17, 15) is 0 Å². The summed E-state index contributed by atoms with van der Waals surface area (Å²) in [4.78, 5) is 8.68. The van der Waals surface area contributed by atoms with Gasteiger partial charge in [0, 0.05) is 8.81 Å². The van der Waals surface area contributed by atoms with Crippen molar-refractivity contribution in [2.45, 2.75) is 84.5 Å². The second-order valence-electron chi connectivity index (χ2n) is 5.42. The fraction of sp³-hybridized carbons (Fsp3) is 1.00. The third-order valence-electron chi connectivity index (χ3n) is 3.52. The highest BCUT2D eigenvalue weighted by atomic mass is 31.1. The van der Waals surface area contributed by atoms with Crippen molar-refractivity contribution in [3.63, 3.8) is 0 Å². The first kappa shape index (κ1) is 17.4. The van der Waals surface area contributed by atoms with Gasteiger partial charge in [0.25, 0.3) is 0 Å². The molecule has 1 nitrogen and oxygen atoms in total. The van der Waals surface area contributed by atoms with Crippen LogP contribution in [0.5, 0.6) is 0 Å². The van der Waals surface area contributed by atoms with Crippen molar-refractivity contribution in [1.29, 1.82) is 0 Å². The minimum Gasteiger partial charge on any atom is -0.377 e. The van der Waals surface area contributed by atoms with Crippen LogP contribution < -0.4 is 0 Å². The second-order valence-corrected chi connectivity index (χ2v) is 6.24. The standard InChI is InChI=1S/C15H33OP/c1-3-12-15(2)13-10-8-6-4-5-7-9-11-14-17-16/h15-17H,3-14H2,1-2H3. The normalized spacial score (nSPS) is 13.6. The summed E-state index contributed by atoms with van der Waals surface area (Å²) < 4.78 is 0. The molecule has 0 rings (SSSR count). The van der Waals surface area contributed by atoms with Crippen LogP contribution in [0.15, 0.2) is 0 Å². The zero-order valence-corrected chi connectivity index (χ0v) is 13.0. The molecule has 0 aliphatic heterocycles. The Labute approximate surface area is 111 Å². The van der Waals surface area contributed by atoms with Crippen molar-refractivity contribution in [2.75, 3.05) is 6.16 Å². The second kappa shape index (κ2) is 14.5. The van der Waals surface area contributed by atoms with Gasteiger partial charge in [0.15, 0.2) is 0 Å². The van der Waals surface area contributed by atoms with E-state index in [0.717, 1.165) is 12.1 Å². The summed E-state index contributed by atoms with van der Waals surface area (Å²) >= 11 is 0. The van der Waals surface area contributed by atoms with Gasteiger partial charge in [-0.05, 0) is 18.5 Å². The van der Waals surface area contributed by atoms with E-state index in [0.29, 0.717) is 0 Å². The average molecular weight is 260 g/mol. The van der Waals surface area contributed by atoms with E-state index in [1.54, 1.807) is 0 Å². The maximum Gasteiger partial charge on any atom is 0.0107 e. The highest BCUT2D eigenvalue weighted by Crippen LogP contribution is 2.16. The molecule has 2 atom stereocenters. The molecule has 104 valence electrons. The molecule has 0 saturated heterocycles. The lowest BCUT2D eigenvalue weighted by molar-refractivity contribution is 0.450. The highest BCUT2D eigenvalue weighted by molar-refractivity contribution is 7.31. The van der Waals surface area contributed by atoms with Gasteiger partial charge < -0.3 is 4.89 Å². The van der Waals surface area contributed by atoms with Crippen LogP contribution in [0.25, 0.3) is 0 Å². The predicted molar refractivity (Wildman–Crippen MR) is 81.0 cm³/mol. The van der Waals surface area contributed by atoms with Crippen LogP contribution >= 0.6 is 8.81 Å². The van der Waals surface area contributed by atoms with E-state index in [1.165, 1.54) is 70.6 Å². The van der Waals surface area contributed by atoms with Crippen molar-refractivity contribution in [3.05, 3.63) is 0 Å². The van der Waals surface area contributed by atoms with Gasteiger partial charge in [-0.3, -0.25) is 0 Å². The zero-order chi connectivity index (χ0) is 12.8. The molecule has 0 spiro atoms. The first-order chi connectivity index (χ1) is 8.31. The average Bonchev–Trinajstić information content (AvgIpc) is 2.32. The molecule has 0 bridgehead atoms. The molecule has 0 aromatic heterocycles. The van der Waals surface area contributed by atoms with E-state index < -0.39 is 0 Å². The van der Waals surface area contributed by atoms with E-state index >= 15 is 0 Å². The van der Waals surface area contributed by atoms with Gasteiger partial charge in [0.1, 0.15) is 0 Å². The van der Waals surface area contributed by atoms with E-state index in [1.807, 2.05) is 0 Å². The van der Waals surface area contributed by atoms with Crippen molar-refractivity contribution in [3.8, 4) is 0 Å². The molecule has 0 aromatic rings. The maximum absolute atomic E-state index is 8.68. The SMILES string of the molecule is CCCC(C)CCCCCCCCCCPO. The summed E-state index contributed by atoms with van der Waals surface area (Å²) in [6.07, 6.45) is 16.3. The van der Waals surface area contributed by atoms with Crippen LogP contribution in [0.3, 0.4) is 0 Å². The fourth-order valence-electron chi connectivity index (χ4n) is 2.39. The van der Waals surface area contributed by atoms with Crippen molar-refractivity contribution in [2.24, 2.45) is 5.92 Å². The Morgan fingerprint density at radius 3 is 1.88 bits per heavy atom. The van der Waals surface area contributed by atoms with Crippen molar-refractivity contribution in [1.82, 2.24) is 0 Å². The summed E-state index contributed by atoms with van der Waals surface area (Å²) in [5, 5.41) is 0. The summed E-state index contributed by atoms with van der Waals surface area (Å²) in [6.45, 7) is 4.68. The minimum atomic E-state index is 0.167. The molecule has 2 unspecified atom stereocenters. The number of hydrogen-bond acceptors (Lipinski definition) is 1. The Morgan fingerprint density at radius 1 is 0.824 bits per heavy atom. The van der Waals surface area contributed by atoms with Crippen LogP contribution in [0.2, 0.25) is 0 Å². The Morgan fingerprint density at radius 2 is 1.35 bits per heavy atom. The van der Waals surface area contributed by atoms with Crippen LogP contribution in [-0.4, -0.2) is 11.1 Å². The lowest BCUT2D eigenvalue weighted by Crippen LogP contribution is -1.93. The smallest absolute Gasteiger partial charge is 0.0107 e. The summed E-state index contributed by atoms with van der Waals surface area (Å²) in [5.41, 5.74) is 0. The van der Waals surface area contributed by atoms with Crippen molar-refractivity contribution >= 4 is 8.81 Å². The van der Waals surface area contributed by atoms with Gasteiger partial charge in [-0.2, -0.15) is 0 Å². The molecule has 0 aromatic carbocycles. The summed E-state index contributed by atoms with van der Waals surface area (Å²) in [6, 6.07) is 0. The largest absolute Gasteiger partial charge is 0.377 e. The van der Waals surface area contributed by atoms with Crippen LogP contribution in [0.1, 0.15) is 84.5 Å². The predicted octanol–water partition coefficient (Wildman–Crippen LogP) is 5.52. The number of unbranched alkanes of at least 4 members (excludes halogenated alkanes) is 7. The molecule has 17 heavy (non-hydrogen) atoms. The van der Waals surface area contributed by atoms with Gasteiger partial charge in [-0.25, -0.2) is 0 Å². The Kier molecular flexibility index (Phi) is 14.8. The van der Waals surface area contributed by atoms with E-state index in [-0.39, 0.29) is 8.81 Å². The Balaban J connectivity index is 2.98. The van der Waals surface area contributed by atoms with Crippen LogP contribution in [0, 0.1) is 5.92 Å². The van der Waals surface area contributed by atoms with Gasteiger partial charge in [-0.15, -0.1) is 0 Å². The Bertz CT molecular complexity index is 139. The Hall–Kier alpha value is 0.390. The van der Waals surface area contributed by atoms with E-state index in [4.69, 9.17) is 4.89 Å². The number of rotatable bonds is 13. The third-order valence-corrected chi connectivity index (χ3v) is 4.09.